The molecule has 184 valence electrons. The average molecular weight is 507 g/mol. The van der Waals surface area contributed by atoms with E-state index in [0.29, 0.717) is 21.4 Å². The first-order chi connectivity index (χ1) is 17.0. The first kappa shape index (κ1) is 24.6. The number of nitrogens with two attached hydrogens (primary N) is 2. The molecule has 2 aromatic carbocycles. The lowest BCUT2D eigenvalue weighted by Crippen LogP contribution is -2.22. The smallest absolute Gasteiger partial charge is 0.267 e. The summed E-state index contributed by atoms with van der Waals surface area (Å²) in [5.41, 5.74) is 13.2. The van der Waals surface area contributed by atoms with Crippen molar-refractivity contribution in [3.05, 3.63) is 76.1 Å². The van der Waals surface area contributed by atoms with Crippen molar-refractivity contribution in [3.8, 4) is 5.75 Å². The van der Waals surface area contributed by atoms with Crippen LogP contribution >= 0.6 is 11.3 Å². The number of fused-ring (bicyclic) bond motifs is 1. The zero-order chi connectivity index (χ0) is 26.1. The Balaban J connectivity index is 1.66. The first-order valence-electron chi connectivity index (χ1n) is 10.7. The summed E-state index contributed by atoms with van der Waals surface area (Å²) in [7, 11) is 1.74. The highest BCUT2D eigenvalue weighted by molar-refractivity contribution is 7.20. The van der Waals surface area contributed by atoms with E-state index in [-0.39, 0.29) is 28.7 Å². The Morgan fingerprint density at radius 3 is 2.58 bits per heavy atom. The lowest BCUT2D eigenvalue weighted by Gasteiger charge is -2.14. The molecule has 36 heavy (non-hydrogen) atoms. The maximum Gasteiger partial charge on any atom is 0.267 e. The molecule has 0 saturated carbocycles. The number of benzene rings is 2. The van der Waals surface area contributed by atoms with E-state index in [1.807, 2.05) is 6.92 Å². The second kappa shape index (κ2) is 9.62. The minimum absolute atomic E-state index is 0.0490. The fourth-order valence-electron chi connectivity index (χ4n) is 3.57. The third-order valence-corrected chi connectivity index (χ3v) is 6.68. The number of nitrogens with one attached hydrogen (secondary N) is 1. The molecule has 0 fully saturated rings. The van der Waals surface area contributed by atoms with E-state index >= 15 is 0 Å². The van der Waals surface area contributed by atoms with Gasteiger partial charge in [-0.3, -0.25) is 14.3 Å². The number of nitrogens with zero attached hydrogens (tertiary/aromatic N) is 3. The number of carbonyl (C=O) groups excluding carboxylic acids is 2. The third kappa shape index (κ3) is 4.96. The number of aromatic hydroxyl groups is 1. The average Bonchev–Trinajstić information content (AvgIpc) is 3.37. The Kier molecular flexibility index (Phi) is 6.58. The van der Waals surface area contributed by atoms with Crippen LogP contribution in [0.2, 0.25) is 0 Å². The maximum atomic E-state index is 14.7. The van der Waals surface area contributed by atoms with Gasteiger partial charge in [-0.1, -0.05) is 0 Å². The molecule has 0 saturated heterocycles. The number of carbonyl (C=O) groups is 2. The zero-order valence-electron chi connectivity index (χ0n) is 19.7. The van der Waals surface area contributed by atoms with Crippen LogP contribution in [0.3, 0.4) is 0 Å². The number of aromatic nitrogens is 2. The standard InChI is InChI=1S/C25H23FN6O3S/c1-12-8-22(31-32(12)3)29-19(24(28)34)11-18(27)16-5-6-17(26)23(13(16)2)30-25(35)21-10-14-9-15(33)4-7-20(14)36-21/h4-11,33H,27H2,1-3H3,(H2,28,34)(H,30,35). The van der Waals surface area contributed by atoms with Gasteiger partial charge in [-0.05, 0) is 67.3 Å². The summed E-state index contributed by atoms with van der Waals surface area (Å²) in [6.07, 6.45) is 1.29. The van der Waals surface area contributed by atoms with Crippen molar-refractivity contribution in [2.24, 2.45) is 23.5 Å². The Morgan fingerprint density at radius 1 is 1.17 bits per heavy atom. The summed E-state index contributed by atoms with van der Waals surface area (Å²) in [6.45, 7) is 3.43. The number of primary amides is 1. The van der Waals surface area contributed by atoms with Gasteiger partial charge >= 0.3 is 0 Å². The van der Waals surface area contributed by atoms with E-state index < -0.39 is 17.6 Å². The molecule has 0 aliphatic rings. The van der Waals surface area contributed by atoms with Gasteiger partial charge in [0, 0.05) is 34.8 Å². The topological polar surface area (TPSA) is 149 Å². The van der Waals surface area contributed by atoms with Gasteiger partial charge < -0.3 is 21.9 Å². The predicted octanol–water partition coefficient (Wildman–Crippen LogP) is 3.91. The molecule has 0 spiro atoms. The van der Waals surface area contributed by atoms with Crippen LogP contribution < -0.4 is 16.8 Å². The Morgan fingerprint density at radius 2 is 1.92 bits per heavy atom. The lowest BCUT2D eigenvalue weighted by atomic mass is 10.0. The summed E-state index contributed by atoms with van der Waals surface area (Å²) in [5.74, 6) is -1.61. The van der Waals surface area contributed by atoms with Gasteiger partial charge in [-0.25, -0.2) is 9.38 Å². The molecule has 0 unspecified atom stereocenters. The number of phenolic OH excluding ortho intramolecular Hbond substituents is 1. The van der Waals surface area contributed by atoms with Crippen molar-refractivity contribution >= 4 is 56.2 Å². The van der Waals surface area contributed by atoms with Gasteiger partial charge in [0.2, 0.25) is 0 Å². The van der Waals surface area contributed by atoms with Gasteiger partial charge in [0.15, 0.2) is 5.82 Å². The molecular weight excluding hydrogens is 483 g/mol. The summed E-state index contributed by atoms with van der Waals surface area (Å²) in [6, 6.07) is 10.7. The lowest BCUT2D eigenvalue weighted by molar-refractivity contribution is -0.111. The van der Waals surface area contributed by atoms with Crippen LogP contribution in [0.25, 0.3) is 15.8 Å². The van der Waals surface area contributed by atoms with E-state index in [1.54, 1.807) is 42.9 Å². The molecule has 2 heterocycles. The molecule has 4 rings (SSSR count). The molecular formula is C25H23FN6O3S. The predicted molar refractivity (Wildman–Crippen MR) is 139 cm³/mol. The molecule has 2 aromatic heterocycles. The fourth-order valence-corrected chi connectivity index (χ4v) is 4.50. The highest BCUT2D eigenvalue weighted by Crippen LogP contribution is 2.31. The van der Waals surface area contributed by atoms with Crippen molar-refractivity contribution in [3.63, 3.8) is 0 Å². The molecule has 0 atom stereocenters. The van der Waals surface area contributed by atoms with Crippen LogP contribution in [0.4, 0.5) is 15.9 Å². The number of amides is 2. The van der Waals surface area contributed by atoms with Gasteiger partial charge in [0.25, 0.3) is 11.8 Å². The molecule has 0 radical (unpaired) electrons. The molecule has 2 amide bonds. The number of thiophene rings is 1. The van der Waals surface area contributed by atoms with Crippen LogP contribution in [0.1, 0.15) is 26.5 Å². The van der Waals surface area contributed by atoms with Gasteiger partial charge in [0.05, 0.1) is 10.6 Å². The summed E-state index contributed by atoms with van der Waals surface area (Å²) >= 11 is 1.21. The molecule has 0 bridgehead atoms. The van der Waals surface area contributed by atoms with Crippen molar-refractivity contribution in [1.29, 1.82) is 0 Å². The van der Waals surface area contributed by atoms with Gasteiger partial charge in [-0.15, -0.1) is 11.3 Å². The quantitative estimate of drug-likeness (QED) is 0.293. The maximum absolute atomic E-state index is 14.7. The minimum Gasteiger partial charge on any atom is -0.508 e. The summed E-state index contributed by atoms with van der Waals surface area (Å²) in [5, 5.41) is 17.1. The highest BCUT2D eigenvalue weighted by Gasteiger charge is 2.18. The molecule has 9 nitrogen and oxygen atoms in total. The SMILES string of the molecule is Cc1c(C(N)=CC(=Nc2cc(C)n(C)n2)C(N)=O)ccc(F)c1NC(=O)c1cc2cc(O)ccc2s1. The number of phenols is 1. The van der Waals surface area contributed by atoms with Crippen LogP contribution in [-0.2, 0) is 11.8 Å². The molecule has 6 N–H and O–H groups in total. The van der Waals surface area contributed by atoms with E-state index in [9.17, 15) is 19.1 Å². The van der Waals surface area contributed by atoms with Crippen molar-refractivity contribution in [2.45, 2.75) is 13.8 Å². The second-order valence-electron chi connectivity index (χ2n) is 8.11. The molecule has 11 heteroatoms. The van der Waals surface area contributed by atoms with E-state index in [2.05, 4.69) is 15.4 Å². The number of halogens is 1. The van der Waals surface area contributed by atoms with Crippen LogP contribution in [0.15, 0.2) is 53.5 Å². The van der Waals surface area contributed by atoms with E-state index in [4.69, 9.17) is 11.5 Å². The fraction of sp³-hybridized carbons (Fsp3) is 0.120. The van der Waals surface area contributed by atoms with E-state index in [1.165, 1.54) is 35.6 Å². The summed E-state index contributed by atoms with van der Waals surface area (Å²) < 4.78 is 17.1. The van der Waals surface area contributed by atoms with Crippen LogP contribution in [0, 0.1) is 19.7 Å². The van der Waals surface area contributed by atoms with Crippen LogP contribution in [0.5, 0.6) is 5.75 Å². The van der Waals surface area contributed by atoms with Crippen LogP contribution in [-0.4, -0.2) is 32.4 Å². The molecule has 4 aromatic rings. The number of anilines is 1. The second-order valence-corrected chi connectivity index (χ2v) is 9.19. The van der Waals surface area contributed by atoms with Crippen molar-refractivity contribution in [2.75, 3.05) is 5.32 Å². The largest absolute Gasteiger partial charge is 0.508 e. The third-order valence-electron chi connectivity index (χ3n) is 5.57. The number of aliphatic imine (C=N–C) groups is 1. The Hall–Kier alpha value is -4.51. The van der Waals surface area contributed by atoms with E-state index in [0.717, 1.165) is 10.4 Å². The summed E-state index contributed by atoms with van der Waals surface area (Å²) in [4.78, 5) is 29.4. The highest BCUT2D eigenvalue weighted by atomic mass is 32.1. The molecule has 0 aliphatic heterocycles. The Labute approximate surface area is 209 Å². The number of hydrogen-bond donors (Lipinski definition) is 4. The zero-order valence-corrected chi connectivity index (χ0v) is 20.5. The van der Waals surface area contributed by atoms with Gasteiger partial charge in [0.1, 0.15) is 17.3 Å². The van der Waals surface area contributed by atoms with Crippen molar-refractivity contribution < 1.29 is 19.1 Å². The van der Waals surface area contributed by atoms with Crippen molar-refractivity contribution in [1.82, 2.24) is 9.78 Å². The number of aryl methyl sites for hydroxylation is 2. The minimum atomic E-state index is -0.814. The normalized spacial score (nSPS) is 12.2. The number of hydrogen-bond acceptors (Lipinski definition) is 7. The first-order valence-corrected chi connectivity index (χ1v) is 11.5. The number of rotatable bonds is 6. The molecule has 0 aliphatic carbocycles. The Bertz CT molecular complexity index is 1560. The monoisotopic (exact) mass is 506 g/mol. The van der Waals surface area contributed by atoms with Gasteiger partial charge in [-0.2, -0.15) is 5.10 Å².